The Morgan fingerprint density at radius 3 is 2.27 bits per heavy atom. The number of aryl methyl sites for hydroxylation is 1. The molecule has 1 aliphatic rings. The van der Waals surface area contributed by atoms with Gasteiger partial charge in [-0.1, -0.05) is 0 Å². The minimum atomic E-state index is -0.994. The molecule has 7 heteroatoms. The highest BCUT2D eigenvalue weighted by atomic mass is 19.1. The van der Waals surface area contributed by atoms with Crippen LogP contribution in [0.5, 0.6) is 5.75 Å². The fraction of sp³-hybridized carbons (Fsp3) is 0.130. The van der Waals surface area contributed by atoms with Crippen molar-refractivity contribution in [3.8, 4) is 5.75 Å². The molecule has 0 bridgehead atoms. The van der Waals surface area contributed by atoms with E-state index >= 15 is 0 Å². The number of anilines is 1. The average molecular weight is 407 g/mol. The number of ether oxygens (including phenoxy) is 1. The first kappa shape index (κ1) is 19.4. The number of amides is 1. The molecule has 1 amide bonds. The molecule has 6 nitrogen and oxygen atoms in total. The van der Waals surface area contributed by atoms with Gasteiger partial charge < -0.3 is 14.3 Å². The summed E-state index contributed by atoms with van der Waals surface area (Å²) in [5, 5.41) is 11.0. The van der Waals surface area contributed by atoms with E-state index in [1.54, 1.807) is 43.3 Å². The quantitative estimate of drug-likeness (QED) is 0.395. The summed E-state index contributed by atoms with van der Waals surface area (Å²) >= 11 is 0. The molecule has 0 radical (unpaired) electrons. The van der Waals surface area contributed by atoms with Crippen molar-refractivity contribution in [2.24, 2.45) is 0 Å². The fourth-order valence-corrected chi connectivity index (χ4v) is 3.47. The zero-order valence-corrected chi connectivity index (χ0v) is 16.3. The van der Waals surface area contributed by atoms with E-state index in [0.29, 0.717) is 28.5 Å². The molecule has 30 heavy (non-hydrogen) atoms. The lowest BCUT2D eigenvalue weighted by Gasteiger charge is -2.23. The molecule has 1 unspecified atom stereocenters. The van der Waals surface area contributed by atoms with E-state index < -0.39 is 23.5 Å². The molecule has 0 spiro atoms. The maximum absolute atomic E-state index is 13.4. The van der Waals surface area contributed by atoms with Crippen LogP contribution in [0.4, 0.5) is 10.1 Å². The summed E-state index contributed by atoms with van der Waals surface area (Å²) in [5.41, 5.74) is 0.552. The van der Waals surface area contributed by atoms with Gasteiger partial charge in [-0.05, 0) is 67.6 Å². The number of nitrogens with zero attached hydrogens (tertiary/aromatic N) is 1. The van der Waals surface area contributed by atoms with Crippen LogP contribution in [-0.2, 0) is 9.59 Å². The van der Waals surface area contributed by atoms with Crippen LogP contribution in [0.2, 0.25) is 0 Å². The third-order valence-corrected chi connectivity index (χ3v) is 4.94. The molecule has 0 saturated carbocycles. The van der Waals surface area contributed by atoms with Gasteiger partial charge in [-0.3, -0.25) is 14.5 Å². The number of methoxy groups -OCH3 is 1. The molecule has 0 aliphatic carbocycles. The zero-order valence-electron chi connectivity index (χ0n) is 16.3. The van der Waals surface area contributed by atoms with E-state index in [-0.39, 0.29) is 11.3 Å². The summed E-state index contributed by atoms with van der Waals surface area (Å²) in [6.45, 7) is 1.73. The minimum absolute atomic E-state index is 0.108. The lowest BCUT2D eigenvalue weighted by Crippen LogP contribution is -2.29. The smallest absolute Gasteiger partial charge is 0.300 e. The van der Waals surface area contributed by atoms with E-state index in [1.807, 2.05) is 0 Å². The summed E-state index contributed by atoms with van der Waals surface area (Å²) in [7, 11) is 1.52. The van der Waals surface area contributed by atoms with Gasteiger partial charge >= 0.3 is 0 Å². The minimum Gasteiger partial charge on any atom is -0.507 e. The van der Waals surface area contributed by atoms with Crippen LogP contribution in [-0.4, -0.2) is 23.9 Å². The molecule has 1 saturated heterocycles. The molecule has 1 N–H and O–H groups in total. The number of carbonyl (C=O) groups is 2. The number of hydrogen-bond donors (Lipinski definition) is 1. The topological polar surface area (TPSA) is 80.0 Å². The van der Waals surface area contributed by atoms with Crippen molar-refractivity contribution in [2.45, 2.75) is 13.0 Å². The molecule has 1 aliphatic heterocycles. The number of ketones is 1. The molecule has 3 aromatic rings. The van der Waals surface area contributed by atoms with Gasteiger partial charge in [0.2, 0.25) is 0 Å². The van der Waals surface area contributed by atoms with Crippen molar-refractivity contribution in [3.63, 3.8) is 0 Å². The number of carbonyl (C=O) groups excluding carboxylic acids is 2. The first-order chi connectivity index (χ1) is 14.4. The van der Waals surface area contributed by atoms with Crippen LogP contribution < -0.4 is 9.64 Å². The second-order valence-corrected chi connectivity index (χ2v) is 6.82. The molecule has 2 heterocycles. The number of Topliss-reactive ketones (excluding diaryl/α,β-unsaturated/α-hetero) is 1. The lowest BCUT2D eigenvalue weighted by molar-refractivity contribution is -0.132. The molecule has 1 fully saturated rings. The van der Waals surface area contributed by atoms with Gasteiger partial charge in [0.15, 0.2) is 0 Å². The standard InChI is InChI=1S/C23H18FNO5/c1-13-3-12-18(30-13)20-19(21(26)14-4-10-17(29-2)11-5-14)22(27)23(28)25(20)16-8-6-15(24)7-9-16/h3-12,20,26H,1-2H3/b21-19-. The molecule has 1 aromatic heterocycles. The largest absolute Gasteiger partial charge is 0.507 e. The maximum atomic E-state index is 13.4. The Labute approximate surface area is 171 Å². The summed E-state index contributed by atoms with van der Waals surface area (Å²) in [6.07, 6.45) is 0. The summed E-state index contributed by atoms with van der Waals surface area (Å²) in [6, 6.07) is 14.0. The van der Waals surface area contributed by atoms with Gasteiger partial charge in [0, 0.05) is 11.3 Å². The first-order valence-electron chi connectivity index (χ1n) is 9.18. The Morgan fingerprint density at radius 2 is 1.70 bits per heavy atom. The van der Waals surface area contributed by atoms with Crippen molar-refractivity contribution in [2.75, 3.05) is 12.0 Å². The molecule has 152 valence electrons. The van der Waals surface area contributed by atoms with Gasteiger partial charge in [-0.2, -0.15) is 0 Å². The molecular formula is C23H18FNO5. The van der Waals surface area contributed by atoms with Crippen LogP contribution in [0.1, 0.15) is 23.1 Å². The van der Waals surface area contributed by atoms with Crippen molar-refractivity contribution in [1.29, 1.82) is 0 Å². The van der Waals surface area contributed by atoms with Crippen LogP contribution in [0.3, 0.4) is 0 Å². The van der Waals surface area contributed by atoms with Crippen LogP contribution in [0.15, 0.2) is 70.7 Å². The van der Waals surface area contributed by atoms with E-state index in [4.69, 9.17) is 9.15 Å². The van der Waals surface area contributed by atoms with Crippen molar-refractivity contribution in [3.05, 3.63) is 89.1 Å². The monoisotopic (exact) mass is 407 g/mol. The highest BCUT2D eigenvalue weighted by Gasteiger charge is 2.48. The van der Waals surface area contributed by atoms with Gasteiger partial charge in [0.05, 0.1) is 12.7 Å². The fourth-order valence-electron chi connectivity index (χ4n) is 3.47. The number of benzene rings is 2. The Morgan fingerprint density at radius 1 is 1.03 bits per heavy atom. The van der Waals surface area contributed by atoms with Crippen LogP contribution in [0, 0.1) is 12.7 Å². The second kappa shape index (κ2) is 7.51. The van der Waals surface area contributed by atoms with Gasteiger partial charge in [0.25, 0.3) is 11.7 Å². The molecular weight excluding hydrogens is 389 g/mol. The Balaban J connectivity index is 1.90. The highest BCUT2D eigenvalue weighted by molar-refractivity contribution is 6.51. The number of aliphatic hydroxyl groups excluding tert-OH is 1. The van der Waals surface area contributed by atoms with Gasteiger partial charge in [0.1, 0.15) is 34.9 Å². The SMILES string of the molecule is COc1ccc(/C(O)=C2/C(=O)C(=O)N(c3ccc(F)cc3)C2c2ccc(C)o2)cc1. The predicted octanol–water partition coefficient (Wildman–Crippen LogP) is 4.36. The summed E-state index contributed by atoms with van der Waals surface area (Å²) in [4.78, 5) is 27.0. The van der Waals surface area contributed by atoms with E-state index in [0.717, 1.165) is 0 Å². The van der Waals surface area contributed by atoms with Gasteiger partial charge in [-0.15, -0.1) is 0 Å². The van der Waals surface area contributed by atoms with E-state index in [1.165, 1.54) is 36.3 Å². The molecule has 4 rings (SSSR count). The van der Waals surface area contributed by atoms with Gasteiger partial charge in [-0.25, -0.2) is 4.39 Å². The third kappa shape index (κ3) is 3.24. The van der Waals surface area contributed by atoms with Crippen LogP contribution in [0.25, 0.3) is 5.76 Å². The lowest BCUT2D eigenvalue weighted by atomic mass is 9.99. The van der Waals surface area contributed by atoms with Crippen molar-refractivity contribution >= 4 is 23.1 Å². The number of aliphatic hydroxyl groups is 1. The summed E-state index contributed by atoms with van der Waals surface area (Å²) < 4.78 is 24.2. The van der Waals surface area contributed by atoms with E-state index in [9.17, 15) is 19.1 Å². The van der Waals surface area contributed by atoms with Crippen molar-refractivity contribution in [1.82, 2.24) is 0 Å². The van der Waals surface area contributed by atoms with E-state index in [2.05, 4.69) is 0 Å². The Hall–Kier alpha value is -3.87. The number of halogens is 1. The van der Waals surface area contributed by atoms with Crippen molar-refractivity contribution < 1.29 is 28.2 Å². The number of rotatable bonds is 4. The normalized spacial score (nSPS) is 18.1. The highest BCUT2D eigenvalue weighted by Crippen LogP contribution is 2.42. The number of furan rings is 1. The zero-order chi connectivity index (χ0) is 21.4. The average Bonchev–Trinajstić information content (AvgIpc) is 3.29. The first-order valence-corrected chi connectivity index (χ1v) is 9.18. The third-order valence-electron chi connectivity index (χ3n) is 4.94. The summed E-state index contributed by atoms with van der Waals surface area (Å²) in [5.74, 6) is -1.03. The predicted molar refractivity (Wildman–Crippen MR) is 108 cm³/mol. The Bertz CT molecular complexity index is 1150. The maximum Gasteiger partial charge on any atom is 0.300 e. The second-order valence-electron chi connectivity index (χ2n) is 6.82. The Kier molecular flexibility index (Phi) is 4.87. The molecule has 2 aromatic carbocycles. The molecule has 1 atom stereocenters. The number of hydrogen-bond acceptors (Lipinski definition) is 5. The van der Waals surface area contributed by atoms with Crippen LogP contribution >= 0.6 is 0 Å².